The van der Waals surface area contributed by atoms with Crippen LogP contribution in [0.5, 0.6) is 5.75 Å². The lowest BCUT2D eigenvalue weighted by Gasteiger charge is -2.41. The molecule has 1 aliphatic carbocycles. The van der Waals surface area contributed by atoms with Crippen LogP contribution in [-0.4, -0.2) is 19.2 Å². The number of hydrogen-bond donors (Lipinski definition) is 1. The van der Waals surface area contributed by atoms with E-state index in [0.717, 1.165) is 18.4 Å². The summed E-state index contributed by atoms with van der Waals surface area (Å²) >= 11 is 0. The first-order valence-electron chi connectivity index (χ1n) is 7.91. The molecule has 21 heavy (non-hydrogen) atoms. The second kappa shape index (κ2) is 6.35. The maximum absolute atomic E-state index is 13.5. The number of benzene rings is 1. The summed E-state index contributed by atoms with van der Waals surface area (Å²) < 4.78 is 19.6. The van der Waals surface area contributed by atoms with Gasteiger partial charge in [0.05, 0.1) is 0 Å². The Bertz CT molecular complexity index is 481. The minimum Gasteiger partial charge on any atom is -0.488 e. The van der Waals surface area contributed by atoms with Crippen LogP contribution in [0.1, 0.15) is 45.6 Å². The monoisotopic (exact) mass is 293 g/mol. The van der Waals surface area contributed by atoms with Gasteiger partial charge >= 0.3 is 0 Å². The van der Waals surface area contributed by atoms with Crippen molar-refractivity contribution in [2.24, 2.45) is 11.3 Å². The highest BCUT2D eigenvalue weighted by molar-refractivity contribution is 5.33. The molecule has 0 amide bonds. The van der Waals surface area contributed by atoms with Crippen LogP contribution in [0.2, 0.25) is 0 Å². The Balaban J connectivity index is 2.16. The quantitative estimate of drug-likeness (QED) is 0.896. The number of aryl methyl sites for hydroxylation is 1. The predicted molar refractivity (Wildman–Crippen MR) is 85.2 cm³/mol. The third kappa shape index (κ3) is 3.97. The van der Waals surface area contributed by atoms with E-state index >= 15 is 0 Å². The van der Waals surface area contributed by atoms with Crippen LogP contribution in [0.15, 0.2) is 18.2 Å². The molecule has 2 rings (SSSR count). The number of halogens is 1. The summed E-state index contributed by atoms with van der Waals surface area (Å²) in [5.41, 5.74) is 1.28. The van der Waals surface area contributed by atoms with Crippen LogP contribution in [0.4, 0.5) is 4.39 Å². The van der Waals surface area contributed by atoms with Gasteiger partial charge in [0, 0.05) is 12.1 Å². The van der Waals surface area contributed by atoms with Crippen molar-refractivity contribution in [1.29, 1.82) is 0 Å². The van der Waals surface area contributed by atoms with E-state index in [0.29, 0.717) is 17.7 Å². The lowest BCUT2D eigenvalue weighted by atomic mass is 9.70. The van der Waals surface area contributed by atoms with E-state index in [9.17, 15) is 4.39 Å². The molecule has 0 saturated heterocycles. The van der Waals surface area contributed by atoms with Crippen LogP contribution in [0.25, 0.3) is 0 Å². The first-order chi connectivity index (χ1) is 9.81. The molecule has 0 spiro atoms. The maximum Gasteiger partial charge on any atom is 0.126 e. The molecule has 3 unspecified atom stereocenters. The van der Waals surface area contributed by atoms with Gasteiger partial charge in [-0.2, -0.15) is 0 Å². The highest BCUT2D eigenvalue weighted by Crippen LogP contribution is 2.39. The highest BCUT2D eigenvalue weighted by Gasteiger charge is 2.36. The average Bonchev–Trinajstić information content (AvgIpc) is 2.42. The van der Waals surface area contributed by atoms with Crippen LogP contribution in [0.3, 0.4) is 0 Å². The summed E-state index contributed by atoms with van der Waals surface area (Å²) in [6.45, 7) is 8.85. The van der Waals surface area contributed by atoms with Crippen LogP contribution < -0.4 is 10.1 Å². The fraction of sp³-hybridized carbons (Fsp3) is 0.667. The molecule has 0 bridgehead atoms. The van der Waals surface area contributed by atoms with E-state index < -0.39 is 0 Å². The molecule has 1 aromatic rings. The van der Waals surface area contributed by atoms with Crippen molar-refractivity contribution in [3.8, 4) is 5.75 Å². The second-order valence-corrected chi connectivity index (χ2v) is 7.34. The van der Waals surface area contributed by atoms with Gasteiger partial charge in [-0.05, 0) is 56.2 Å². The van der Waals surface area contributed by atoms with E-state index in [1.54, 1.807) is 6.07 Å². The molecular weight excluding hydrogens is 265 g/mol. The predicted octanol–water partition coefficient (Wildman–Crippen LogP) is 4.32. The van der Waals surface area contributed by atoms with Crippen molar-refractivity contribution in [1.82, 2.24) is 5.32 Å². The number of hydrogen-bond acceptors (Lipinski definition) is 2. The Morgan fingerprint density at radius 1 is 1.24 bits per heavy atom. The summed E-state index contributed by atoms with van der Waals surface area (Å²) in [6.07, 6.45) is 3.45. The topological polar surface area (TPSA) is 21.3 Å². The van der Waals surface area contributed by atoms with Gasteiger partial charge < -0.3 is 10.1 Å². The van der Waals surface area contributed by atoms with Crippen molar-refractivity contribution in [3.05, 3.63) is 29.6 Å². The first-order valence-corrected chi connectivity index (χ1v) is 7.91. The number of likely N-dealkylation sites (N-methyl/N-ethyl adjacent to an activating group) is 1. The van der Waals surface area contributed by atoms with E-state index in [4.69, 9.17) is 4.74 Å². The molecule has 118 valence electrons. The lowest BCUT2D eigenvalue weighted by molar-refractivity contribution is 0.0490. The van der Waals surface area contributed by atoms with E-state index in [2.05, 4.69) is 26.1 Å². The van der Waals surface area contributed by atoms with Gasteiger partial charge in [-0.3, -0.25) is 0 Å². The molecule has 3 atom stereocenters. The maximum atomic E-state index is 13.5. The van der Waals surface area contributed by atoms with Crippen molar-refractivity contribution >= 4 is 0 Å². The zero-order valence-electron chi connectivity index (χ0n) is 13.9. The molecule has 0 aromatic heterocycles. The fourth-order valence-corrected chi connectivity index (χ4v) is 3.24. The van der Waals surface area contributed by atoms with E-state index in [1.165, 1.54) is 18.6 Å². The summed E-state index contributed by atoms with van der Waals surface area (Å²) in [5, 5.41) is 3.36. The normalized spacial score (nSPS) is 26.7. The second-order valence-electron chi connectivity index (χ2n) is 7.34. The Morgan fingerprint density at radius 2 is 1.95 bits per heavy atom. The molecule has 0 heterocycles. The van der Waals surface area contributed by atoms with Crippen LogP contribution in [-0.2, 0) is 0 Å². The summed E-state index contributed by atoms with van der Waals surface area (Å²) in [4.78, 5) is 0. The zero-order chi connectivity index (χ0) is 15.6. The average molecular weight is 293 g/mol. The summed E-state index contributed by atoms with van der Waals surface area (Å²) in [5.74, 6) is 1.08. The Hall–Kier alpha value is -1.09. The molecule has 3 heteroatoms. The number of rotatable bonds is 3. The number of nitrogens with one attached hydrogen (secondary N) is 1. The molecular formula is C18H28FNO. The summed E-state index contributed by atoms with van der Waals surface area (Å²) in [7, 11) is 1.98. The zero-order valence-corrected chi connectivity index (χ0v) is 13.9. The first kappa shape index (κ1) is 16.3. The van der Waals surface area contributed by atoms with Gasteiger partial charge in [0.25, 0.3) is 0 Å². The minimum atomic E-state index is -0.236. The van der Waals surface area contributed by atoms with Crippen LogP contribution in [0, 0.1) is 24.1 Å². The van der Waals surface area contributed by atoms with Gasteiger partial charge in [-0.15, -0.1) is 0 Å². The van der Waals surface area contributed by atoms with Crippen molar-refractivity contribution in [2.75, 3.05) is 7.05 Å². The van der Waals surface area contributed by atoms with Crippen molar-refractivity contribution in [2.45, 2.75) is 59.1 Å². The van der Waals surface area contributed by atoms with Gasteiger partial charge in [0.15, 0.2) is 0 Å². The van der Waals surface area contributed by atoms with Crippen molar-refractivity contribution in [3.63, 3.8) is 0 Å². The lowest BCUT2D eigenvalue weighted by Crippen LogP contribution is -2.47. The largest absolute Gasteiger partial charge is 0.488 e. The van der Waals surface area contributed by atoms with Crippen LogP contribution >= 0.6 is 0 Å². The number of ether oxygens (including phenoxy) is 1. The third-order valence-corrected chi connectivity index (χ3v) is 4.82. The molecule has 1 aliphatic rings. The van der Waals surface area contributed by atoms with E-state index in [1.807, 2.05) is 14.0 Å². The fourth-order valence-electron chi connectivity index (χ4n) is 3.24. The smallest absolute Gasteiger partial charge is 0.126 e. The van der Waals surface area contributed by atoms with Gasteiger partial charge in [-0.25, -0.2) is 4.39 Å². The molecule has 0 aliphatic heterocycles. The molecule has 2 nitrogen and oxygen atoms in total. The Kier molecular flexibility index (Phi) is 4.92. The molecule has 1 fully saturated rings. The van der Waals surface area contributed by atoms with E-state index in [-0.39, 0.29) is 17.3 Å². The molecule has 1 N–H and O–H groups in total. The van der Waals surface area contributed by atoms with Gasteiger partial charge in [0.2, 0.25) is 0 Å². The SMILES string of the molecule is CNC1CCC(C(C)(C)C)CC1Oc1cc(F)ccc1C. The molecule has 1 aromatic carbocycles. The van der Waals surface area contributed by atoms with Gasteiger partial charge in [-0.1, -0.05) is 26.8 Å². The molecule has 0 radical (unpaired) electrons. The minimum absolute atomic E-state index is 0.105. The van der Waals surface area contributed by atoms with Gasteiger partial charge in [0.1, 0.15) is 17.7 Å². The highest BCUT2D eigenvalue weighted by atomic mass is 19.1. The molecule has 1 saturated carbocycles. The Morgan fingerprint density at radius 3 is 2.57 bits per heavy atom. The van der Waals surface area contributed by atoms with Crippen molar-refractivity contribution < 1.29 is 9.13 Å². The third-order valence-electron chi connectivity index (χ3n) is 4.82. The Labute approximate surface area is 128 Å². The summed E-state index contributed by atoms with van der Waals surface area (Å²) in [6, 6.07) is 5.11. The standard InChI is InChI=1S/C18H28FNO/c1-12-6-8-14(19)11-16(12)21-17-10-13(18(2,3)4)7-9-15(17)20-5/h6,8,11,13,15,17,20H,7,9-10H2,1-5H3.